The number of carbonyl (C=O) groups is 3. The summed E-state index contributed by atoms with van der Waals surface area (Å²) in [4.78, 5) is 47.8. The normalized spacial score (nSPS) is 24.1. The second-order valence-corrected chi connectivity index (χ2v) is 10.8. The molecule has 2 aromatic rings. The highest BCUT2D eigenvalue weighted by atomic mass is 16.5. The number of benzene rings is 1. The van der Waals surface area contributed by atoms with Gasteiger partial charge in [-0.25, -0.2) is 4.98 Å². The summed E-state index contributed by atoms with van der Waals surface area (Å²) in [6.07, 6.45) is 5.94. The number of imide groups is 1. The van der Waals surface area contributed by atoms with Crippen molar-refractivity contribution in [2.75, 3.05) is 44.4 Å². The predicted molar refractivity (Wildman–Crippen MR) is 143 cm³/mol. The number of morpholine rings is 1. The van der Waals surface area contributed by atoms with Crippen LogP contribution in [0.1, 0.15) is 53.6 Å². The Labute approximate surface area is 228 Å². The van der Waals surface area contributed by atoms with Gasteiger partial charge < -0.3 is 19.3 Å². The van der Waals surface area contributed by atoms with Crippen molar-refractivity contribution in [3.63, 3.8) is 0 Å². The molecule has 2 unspecified atom stereocenters. The molecule has 3 amide bonds. The van der Waals surface area contributed by atoms with Crippen molar-refractivity contribution in [2.45, 2.75) is 57.3 Å². The molecule has 1 aromatic heterocycles. The Morgan fingerprint density at radius 3 is 2.74 bits per heavy atom. The van der Waals surface area contributed by atoms with Gasteiger partial charge in [0.2, 0.25) is 11.8 Å². The molecule has 39 heavy (non-hydrogen) atoms. The summed E-state index contributed by atoms with van der Waals surface area (Å²) in [7, 11) is 0. The number of carbonyl (C=O) groups excluding carboxylic acids is 3. The van der Waals surface area contributed by atoms with Crippen LogP contribution in [0.3, 0.4) is 0 Å². The molecular formula is C29H35N5O5. The zero-order valence-corrected chi connectivity index (χ0v) is 22.1. The molecule has 10 nitrogen and oxygen atoms in total. The third-order valence-corrected chi connectivity index (χ3v) is 8.22. The number of nitrogens with zero attached hydrogens (tertiary/aromatic N) is 4. The highest BCUT2D eigenvalue weighted by Gasteiger charge is 2.39. The molecule has 1 N–H and O–H groups in total. The average Bonchev–Trinajstić information content (AvgIpc) is 3.28. The van der Waals surface area contributed by atoms with Gasteiger partial charge in [-0.15, -0.1) is 0 Å². The molecule has 2 atom stereocenters. The molecule has 0 radical (unpaired) electrons. The van der Waals surface area contributed by atoms with Gasteiger partial charge in [-0.3, -0.25) is 24.6 Å². The fourth-order valence-corrected chi connectivity index (χ4v) is 6.05. The second-order valence-electron chi connectivity index (χ2n) is 10.8. The molecule has 5 heterocycles. The van der Waals surface area contributed by atoms with Crippen LogP contribution in [0.15, 0.2) is 36.5 Å². The number of aromatic nitrogens is 1. The van der Waals surface area contributed by atoms with E-state index in [1.54, 1.807) is 11.0 Å². The van der Waals surface area contributed by atoms with Gasteiger partial charge >= 0.3 is 0 Å². The number of likely N-dealkylation sites (tertiary alicyclic amines) is 1. The molecule has 0 spiro atoms. The minimum absolute atomic E-state index is 0.168. The number of piperidine rings is 2. The summed E-state index contributed by atoms with van der Waals surface area (Å²) in [5.41, 5.74) is 2.71. The Bertz CT molecular complexity index is 1250. The molecule has 4 aliphatic rings. The highest BCUT2D eigenvalue weighted by Crippen LogP contribution is 2.31. The van der Waals surface area contributed by atoms with E-state index in [4.69, 9.17) is 9.47 Å². The van der Waals surface area contributed by atoms with Crippen molar-refractivity contribution in [1.82, 2.24) is 20.1 Å². The number of rotatable bonds is 7. The summed E-state index contributed by atoms with van der Waals surface area (Å²) in [5.74, 6) is 0.899. The van der Waals surface area contributed by atoms with Crippen LogP contribution in [0.5, 0.6) is 5.75 Å². The van der Waals surface area contributed by atoms with E-state index < -0.39 is 11.9 Å². The quantitative estimate of drug-likeness (QED) is 0.540. The van der Waals surface area contributed by atoms with Gasteiger partial charge in [0, 0.05) is 50.4 Å². The van der Waals surface area contributed by atoms with Crippen molar-refractivity contribution >= 4 is 23.5 Å². The minimum Gasteiger partial charge on any atom is -0.492 e. The molecule has 0 aliphatic carbocycles. The van der Waals surface area contributed by atoms with E-state index in [0.717, 1.165) is 62.9 Å². The monoisotopic (exact) mass is 533 g/mol. The number of hydrogen-bond donors (Lipinski definition) is 1. The molecule has 0 saturated carbocycles. The van der Waals surface area contributed by atoms with Crippen molar-refractivity contribution in [2.24, 2.45) is 0 Å². The van der Waals surface area contributed by atoms with Crippen LogP contribution in [-0.2, 0) is 27.4 Å². The predicted octanol–water partition coefficient (Wildman–Crippen LogP) is 2.11. The Morgan fingerprint density at radius 1 is 1.03 bits per heavy atom. The van der Waals surface area contributed by atoms with Crippen molar-refractivity contribution in [3.05, 3.63) is 53.2 Å². The van der Waals surface area contributed by atoms with Crippen LogP contribution in [0.2, 0.25) is 0 Å². The molecule has 1 aromatic carbocycles. The van der Waals surface area contributed by atoms with Crippen LogP contribution < -0.4 is 15.0 Å². The summed E-state index contributed by atoms with van der Waals surface area (Å²) < 4.78 is 11.8. The first-order valence-electron chi connectivity index (χ1n) is 14.0. The summed E-state index contributed by atoms with van der Waals surface area (Å²) >= 11 is 0. The van der Waals surface area contributed by atoms with E-state index in [9.17, 15) is 14.4 Å². The second kappa shape index (κ2) is 11.3. The molecule has 3 saturated heterocycles. The van der Waals surface area contributed by atoms with E-state index in [2.05, 4.69) is 32.2 Å². The van der Waals surface area contributed by atoms with Crippen molar-refractivity contribution < 1.29 is 23.9 Å². The minimum atomic E-state index is -0.611. The number of fused-ring (bicyclic) bond motifs is 1. The number of hydrogen-bond acceptors (Lipinski definition) is 8. The maximum Gasteiger partial charge on any atom is 0.255 e. The fraction of sp³-hybridized carbons (Fsp3) is 0.517. The van der Waals surface area contributed by atoms with E-state index in [0.29, 0.717) is 31.2 Å². The van der Waals surface area contributed by atoms with Crippen LogP contribution in [0, 0.1) is 0 Å². The molecule has 3 fully saturated rings. The third-order valence-electron chi connectivity index (χ3n) is 8.22. The SMILES string of the molecule is O=C1CCC(N2Cc3cc(OCC4CCCCN4Cc4ccnc(N5CCOCC5)c4)ccc3C2=O)C(=O)N1. The molecule has 4 aliphatic heterocycles. The lowest BCUT2D eigenvalue weighted by molar-refractivity contribution is -0.136. The van der Waals surface area contributed by atoms with Gasteiger partial charge in [0.25, 0.3) is 5.91 Å². The maximum atomic E-state index is 13.0. The van der Waals surface area contributed by atoms with Gasteiger partial charge in [0.1, 0.15) is 24.2 Å². The van der Waals surface area contributed by atoms with Crippen molar-refractivity contribution in [3.8, 4) is 5.75 Å². The zero-order valence-electron chi connectivity index (χ0n) is 22.1. The lowest BCUT2D eigenvalue weighted by Gasteiger charge is -2.36. The van der Waals surface area contributed by atoms with E-state index in [-0.39, 0.29) is 18.2 Å². The van der Waals surface area contributed by atoms with Gasteiger partial charge in [-0.2, -0.15) is 0 Å². The lowest BCUT2D eigenvalue weighted by Crippen LogP contribution is -2.52. The molecule has 0 bridgehead atoms. The first-order chi connectivity index (χ1) is 19.0. The number of amides is 3. The summed E-state index contributed by atoms with van der Waals surface area (Å²) in [5, 5.41) is 2.35. The lowest BCUT2D eigenvalue weighted by atomic mass is 10.0. The van der Waals surface area contributed by atoms with Crippen LogP contribution in [0.25, 0.3) is 0 Å². The molecule has 6 rings (SSSR count). The van der Waals surface area contributed by atoms with Crippen LogP contribution >= 0.6 is 0 Å². The first-order valence-corrected chi connectivity index (χ1v) is 14.0. The standard InChI is InChI=1S/C29H35N5O5/c35-27-7-6-25(28(36)31-27)34-18-21-16-23(4-5-24(21)29(34)37)39-19-22-3-1-2-10-33(22)17-20-8-9-30-26(15-20)32-11-13-38-14-12-32/h4-5,8-9,15-16,22,25H,1-3,6-7,10-14,17-19H2,(H,31,35,36). The summed E-state index contributed by atoms with van der Waals surface area (Å²) in [6.45, 7) is 6.02. The number of ether oxygens (including phenoxy) is 2. The maximum absolute atomic E-state index is 13.0. The first kappa shape index (κ1) is 25.8. The zero-order chi connectivity index (χ0) is 26.8. The van der Waals surface area contributed by atoms with Gasteiger partial charge in [0.05, 0.1) is 13.2 Å². The topological polar surface area (TPSA) is 104 Å². The Hall–Kier alpha value is -3.50. The van der Waals surface area contributed by atoms with Crippen molar-refractivity contribution in [1.29, 1.82) is 0 Å². The number of anilines is 1. The van der Waals surface area contributed by atoms with Gasteiger partial charge in [-0.1, -0.05) is 6.42 Å². The smallest absolute Gasteiger partial charge is 0.255 e. The Kier molecular flexibility index (Phi) is 7.47. The number of pyridine rings is 1. The van der Waals surface area contributed by atoms with E-state index in [1.165, 1.54) is 18.4 Å². The molecule has 10 heteroatoms. The fourth-order valence-electron chi connectivity index (χ4n) is 6.05. The Balaban J connectivity index is 1.08. The highest BCUT2D eigenvalue weighted by molar-refractivity contribution is 6.05. The van der Waals surface area contributed by atoms with Crippen LogP contribution in [0.4, 0.5) is 5.82 Å². The average molecular weight is 534 g/mol. The largest absolute Gasteiger partial charge is 0.492 e. The number of nitrogens with one attached hydrogen (secondary N) is 1. The van der Waals surface area contributed by atoms with Gasteiger partial charge in [-0.05, 0) is 67.3 Å². The molecule has 206 valence electrons. The molecular weight excluding hydrogens is 498 g/mol. The van der Waals surface area contributed by atoms with Gasteiger partial charge in [0.15, 0.2) is 0 Å². The summed E-state index contributed by atoms with van der Waals surface area (Å²) in [6, 6.07) is 9.54. The Morgan fingerprint density at radius 2 is 1.90 bits per heavy atom. The third kappa shape index (κ3) is 5.62. The van der Waals surface area contributed by atoms with E-state index >= 15 is 0 Å². The van der Waals surface area contributed by atoms with E-state index in [1.807, 2.05) is 18.3 Å². The van der Waals surface area contributed by atoms with Crippen LogP contribution in [-0.4, -0.2) is 84.0 Å².